The normalized spacial score (nSPS) is 20.7. The van der Waals surface area contributed by atoms with E-state index in [0.29, 0.717) is 6.61 Å². The van der Waals surface area contributed by atoms with Gasteiger partial charge in [0.15, 0.2) is 5.82 Å². The van der Waals surface area contributed by atoms with Gasteiger partial charge < -0.3 is 24.3 Å². The molecule has 0 spiro atoms. The van der Waals surface area contributed by atoms with Crippen LogP contribution in [-0.4, -0.2) is 91.1 Å². The molecule has 0 aromatic carbocycles. The third-order valence-electron chi connectivity index (χ3n) is 6.03. The van der Waals surface area contributed by atoms with E-state index < -0.39 is 0 Å². The molecule has 0 atom stereocenters. The Morgan fingerprint density at radius 1 is 0.862 bits per heavy atom. The maximum atomic E-state index is 5.56. The van der Waals surface area contributed by atoms with Gasteiger partial charge in [0, 0.05) is 70.5 Å². The van der Waals surface area contributed by atoms with E-state index in [-0.39, 0.29) is 0 Å². The Balaban J connectivity index is 1.23. The van der Waals surface area contributed by atoms with Crippen LogP contribution in [0.25, 0.3) is 0 Å². The lowest BCUT2D eigenvalue weighted by Gasteiger charge is -2.37. The van der Waals surface area contributed by atoms with Crippen molar-refractivity contribution in [2.75, 3.05) is 80.7 Å². The second-order valence-electron chi connectivity index (χ2n) is 7.96. The molecule has 29 heavy (non-hydrogen) atoms. The number of ether oxygens (including phenoxy) is 1. The lowest BCUT2D eigenvalue weighted by Crippen LogP contribution is -2.48. The first-order chi connectivity index (χ1) is 14.3. The molecule has 0 saturated carbocycles. The molecule has 5 rings (SSSR count). The van der Waals surface area contributed by atoms with Crippen molar-refractivity contribution in [2.24, 2.45) is 0 Å². The SMILES string of the molecule is CN1CCN(c2nccc(N3CCN(c4cc5c(nn4)CCOC5)CC3)n2)CC1. The van der Waals surface area contributed by atoms with Gasteiger partial charge in [-0.15, -0.1) is 5.10 Å². The summed E-state index contributed by atoms with van der Waals surface area (Å²) >= 11 is 0. The number of fused-ring (bicyclic) bond motifs is 1. The summed E-state index contributed by atoms with van der Waals surface area (Å²) in [6.07, 6.45) is 2.75. The third kappa shape index (κ3) is 3.97. The molecule has 0 unspecified atom stereocenters. The first-order valence-electron chi connectivity index (χ1n) is 10.5. The van der Waals surface area contributed by atoms with E-state index in [1.165, 1.54) is 5.56 Å². The highest BCUT2D eigenvalue weighted by molar-refractivity contribution is 5.48. The monoisotopic (exact) mass is 396 g/mol. The van der Waals surface area contributed by atoms with E-state index >= 15 is 0 Å². The van der Waals surface area contributed by atoms with Gasteiger partial charge in [-0.05, 0) is 19.2 Å². The van der Waals surface area contributed by atoms with Crippen LogP contribution < -0.4 is 14.7 Å². The molecule has 9 nitrogen and oxygen atoms in total. The summed E-state index contributed by atoms with van der Waals surface area (Å²) in [4.78, 5) is 18.6. The van der Waals surface area contributed by atoms with Crippen LogP contribution in [0.15, 0.2) is 18.3 Å². The van der Waals surface area contributed by atoms with E-state index in [9.17, 15) is 0 Å². The van der Waals surface area contributed by atoms with E-state index in [0.717, 1.165) is 88.7 Å². The molecule has 0 radical (unpaired) electrons. The minimum Gasteiger partial charge on any atom is -0.376 e. The number of hydrogen-bond donors (Lipinski definition) is 0. The maximum absolute atomic E-state index is 5.56. The molecule has 5 heterocycles. The summed E-state index contributed by atoms with van der Waals surface area (Å²) in [6.45, 7) is 9.09. The van der Waals surface area contributed by atoms with Gasteiger partial charge in [-0.2, -0.15) is 10.1 Å². The average Bonchev–Trinajstić information content (AvgIpc) is 2.79. The van der Waals surface area contributed by atoms with Crippen LogP contribution in [0, 0.1) is 0 Å². The van der Waals surface area contributed by atoms with Gasteiger partial charge in [-0.25, -0.2) is 4.98 Å². The number of nitrogens with zero attached hydrogens (tertiary/aromatic N) is 8. The van der Waals surface area contributed by atoms with Crippen LogP contribution in [0.5, 0.6) is 0 Å². The van der Waals surface area contributed by atoms with Gasteiger partial charge in [0.05, 0.1) is 18.9 Å². The Kier molecular flexibility index (Phi) is 5.15. The van der Waals surface area contributed by atoms with Crippen LogP contribution in [-0.2, 0) is 17.8 Å². The second kappa shape index (κ2) is 8.08. The standard InChI is InChI=1S/C20H28N8O/c1-25-5-7-28(8-6-25)20-21-4-2-18(22-20)26-9-11-27(12-10-26)19-14-16-15-29-13-3-17(16)23-24-19/h2,4,14H,3,5-13,15H2,1H3. The van der Waals surface area contributed by atoms with E-state index in [1.54, 1.807) is 0 Å². The quantitative estimate of drug-likeness (QED) is 0.734. The van der Waals surface area contributed by atoms with Crippen molar-refractivity contribution in [1.82, 2.24) is 25.1 Å². The smallest absolute Gasteiger partial charge is 0.227 e. The third-order valence-corrected chi connectivity index (χ3v) is 6.03. The zero-order chi connectivity index (χ0) is 19.6. The highest BCUT2D eigenvalue weighted by Gasteiger charge is 2.23. The van der Waals surface area contributed by atoms with Crippen molar-refractivity contribution >= 4 is 17.6 Å². The minimum absolute atomic E-state index is 0.647. The van der Waals surface area contributed by atoms with Crippen molar-refractivity contribution in [3.05, 3.63) is 29.6 Å². The molecule has 3 aliphatic rings. The lowest BCUT2D eigenvalue weighted by molar-refractivity contribution is 0.109. The summed E-state index contributed by atoms with van der Waals surface area (Å²) in [5.74, 6) is 2.81. The van der Waals surface area contributed by atoms with Crippen molar-refractivity contribution < 1.29 is 4.74 Å². The Bertz CT molecular complexity index is 846. The summed E-state index contributed by atoms with van der Waals surface area (Å²) in [5.41, 5.74) is 2.26. The predicted octanol–water partition coefficient (Wildman–Crippen LogP) is 0.418. The Morgan fingerprint density at radius 3 is 2.38 bits per heavy atom. The molecule has 2 fully saturated rings. The van der Waals surface area contributed by atoms with E-state index in [2.05, 4.69) is 47.9 Å². The van der Waals surface area contributed by atoms with Gasteiger partial charge in [0.2, 0.25) is 5.95 Å². The van der Waals surface area contributed by atoms with Gasteiger partial charge in [-0.3, -0.25) is 0 Å². The second-order valence-corrected chi connectivity index (χ2v) is 7.96. The number of aromatic nitrogens is 4. The first-order valence-corrected chi connectivity index (χ1v) is 10.5. The van der Waals surface area contributed by atoms with E-state index in [4.69, 9.17) is 9.72 Å². The summed E-state index contributed by atoms with van der Waals surface area (Å²) in [5, 5.41) is 8.89. The molecule has 2 aromatic rings. The Labute approximate surface area is 171 Å². The van der Waals surface area contributed by atoms with Crippen LogP contribution in [0.3, 0.4) is 0 Å². The summed E-state index contributed by atoms with van der Waals surface area (Å²) in [6, 6.07) is 4.17. The molecular weight excluding hydrogens is 368 g/mol. The van der Waals surface area contributed by atoms with Crippen molar-refractivity contribution in [3.63, 3.8) is 0 Å². The predicted molar refractivity (Wildman–Crippen MR) is 112 cm³/mol. The molecule has 0 amide bonds. The maximum Gasteiger partial charge on any atom is 0.227 e. The Morgan fingerprint density at radius 2 is 1.59 bits per heavy atom. The molecule has 2 aromatic heterocycles. The van der Waals surface area contributed by atoms with Gasteiger partial charge >= 0.3 is 0 Å². The van der Waals surface area contributed by atoms with Crippen molar-refractivity contribution in [1.29, 1.82) is 0 Å². The fraction of sp³-hybridized carbons (Fsp3) is 0.600. The molecule has 0 aliphatic carbocycles. The number of likely N-dealkylation sites (N-methyl/N-ethyl adjacent to an activating group) is 1. The molecule has 0 bridgehead atoms. The largest absolute Gasteiger partial charge is 0.376 e. The van der Waals surface area contributed by atoms with Gasteiger partial charge in [0.25, 0.3) is 0 Å². The first kappa shape index (κ1) is 18.5. The highest BCUT2D eigenvalue weighted by atomic mass is 16.5. The number of rotatable bonds is 3. The van der Waals surface area contributed by atoms with Crippen LogP contribution >= 0.6 is 0 Å². The zero-order valence-electron chi connectivity index (χ0n) is 17.0. The average molecular weight is 396 g/mol. The van der Waals surface area contributed by atoms with Gasteiger partial charge in [-0.1, -0.05) is 0 Å². The number of anilines is 3. The summed E-state index contributed by atoms with van der Waals surface area (Å²) < 4.78 is 5.56. The fourth-order valence-electron chi connectivity index (χ4n) is 4.12. The molecular formula is C20H28N8O. The van der Waals surface area contributed by atoms with Crippen molar-refractivity contribution in [2.45, 2.75) is 13.0 Å². The molecule has 0 N–H and O–H groups in total. The Hall–Kier alpha value is -2.52. The molecule has 9 heteroatoms. The lowest BCUT2D eigenvalue weighted by atomic mass is 10.1. The van der Waals surface area contributed by atoms with Gasteiger partial charge in [0.1, 0.15) is 5.82 Å². The van der Waals surface area contributed by atoms with Crippen LogP contribution in [0.1, 0.15) is 11.3 Å². The molecule has 3 aliphatic heterocycles. The highest BCUT2D eigenvalue weighted by Crippen LogP contribution is 2.22. The molecule has 154 valence electrons. The molecule has 2 saturated heterocycles. The van der Waals surface area contributed by atoms with E-state index in [1.807, 2.05) is 12.3 Å². The van der Waals surface area contributed by atoms with Crippen LogP contribution in [0.4, 0.5) is 17.6 Å². The minimum atomic E-state index is 0.647. The topological polar surface area (TPSA) is 73.8 Å². The fourth-order valence-corrected chi connectivity index (χ4v) is 4.12. The van der Waals surface area contributed by atoms with Crippen LogP contribution in [0.2, 0.25) is 0 Å². The van der Waals surface area contributed by atoms with Crippen molar-refractivity contribution in [3.8, 4) is 0 Å². The number of piperazine rings is 2. The summed E-state index contributed by atoms with van der Waals surface area (Å²) in [7, 11) is 2.16. The number of hydrogen-bond acceptors (Lipinski definition) is 9. The zero-order valence-corrected chi connectivity index (χ0v) is 17.0.